The number of hydrogen-bond acceptors (Lipinski definition) is 1. The smallest absolute Gasteiger partial charge is 0.207 e. The molecule has 0 aliphatic carbocycles. The van der Waals surface area contributed by atoms with E-state index in [0.717, 1.165) is 19.3 Å². The van der Waals surface area contributed by atoms with Gasteiger partial charge in [0.2, 0.25) is 6.41 Å². The summed E-state index contributed by atoms with van der Waals surface area (Å²) in [6.07, 6.45) is 2.75. The number of amides is 1. The minimum atomic E-state index is 0.0156. The average Bonchev–Trinajstić information content (AvgIpc) is 1.89. The summed E-state index contributed by atoms with van der Waals surface area (Å²) in [5.74, 6) is 0. The fourth-order valence-electron chi connectivity index (χ4n) is 0.596. The molecule has 1 N–H and O–H groups in total. The van der Waals surface area contributed by atoms with Gasteiger partial charge in [-0.25, -0.2) is 0 Å². The van der Waals surface area contributed by atoms with E-state index < -0.39 is 0 Å². The molecular formula is C7H15NO. The molecule has 0 rings (SSSR count). The number of hydrogen-bond donors (Lipinski definition) is 1. The average molecular weight is 129 g/mol. The first-order chi connectivity index (χ1) is 4.18. The molecule has 1 amide bonds. The first kappa shape index (κ1) is 8.47. The number of nitrogens with one attached hydrogen (secondary N) is 1. The van der Waals surface area contributed by atoms with Crippen molar-refractivity contribution in [3.8, 4) is 0 Å². The van der Waals surface area contributed by atoms with Gasteiger partial charge in [0, 0.05) is 5.54 Å². The highest BCUT2D eigenvalue weighted by molar-refractivity contribution is 5.47. The van der Waals surface area contributed by atoms with Crippen LogP contribution in [0.25, 0.3) is 0 Å². The van der Waals surface area contributed by atoms with Gasteiger partial charge in [-0.2, -0.15) is 0 Å². The fourth-order valence-corrected chi connectivity index (χ4v) is 0.596. The molecule has 0 aromatic heterocycles. The van der Waals surface area contributed by atoms with Gasteiger partial charge in [0.25, 0.3) is 0 Å². The van der Waals surface area contributed by atoms with Gasteiger partial charge in [0.15, 0.2) is 0 Å². The van der Waals surface area contributed by atoms with Gasteiger partial charge >= 0.3 is 0 Å². The highest BCUT2D eigenvalue weighted by atomic mass is 16.1. The molecule has 9 heavy (non-hydrogen) atoms. The Morgan fingerprint density at radius 2 is 1.89 bits per heavy atom. The third-order valence-electron chi connectivity index (χ3n) is 1.97. The Morgan fingerprint density at radius 3 is 2.00 bits per heavy atom. The molecule has 0 aliphatic heterocycles. The van der Waals surface area contributed by atoms with Crippen LogP contribution in [-0.2, 0) is 4.79 Å². The van der Waals surface area contributed by atoms with Crippen molar-refractivity contribution in [2.75, 3.05) is 0 Å². The highest BCUT2D eigenvalue weighted by Crippen LogP contribution is 2.11. The second-order valence-electron chi connectivity index (χ2n) is 2.53. The maximum absolute atomic E-state index is 10.0. The molecule has 0 unspecified atom stereocenters. The third-order valence-corrected chi connectivity index (χ3v) is 1.97. The van der Waals surface area contributed by atoms with E-state index in [2.05, 4.69) is 19.2 Å². The molecule has 0 aromatic carbocycles. The summed E-state index contributed by atoms with van der Waals surface area (Å²) in [7, 11) is 0. The van der Waals surface area contributed by atoms with E-state index in [1.54, 1.807) is 0 Å². The maximum Gasteiger partial charge on any atom is 0.207 e. The van der Waals surface area contributed by atoms with Crippen LogP contribution in [-0.4, -0.2) is 11.9 Å². The quantitative estimate of drug-likeness (QED) is 0.570. The maximum atomic E-state index is 10.0. The summed E-state index contributed by atoms with van der Waals surface area (Å²) in [5.41, 5.74) is 0.0156. The minimum Gasteiger partial charge on any atom is -0.354 e. The predicted molar refractivity (Wildman–Crippen MR) is 38.2 cm³/mol. The highest BCUT2D eigenvalue weighted by Gasteiger charge is 2.16. The Hall–Kier alpha value is -0.530. The minimum absolute atomic E-state index is 0.0156. The van der Waals surface area contributed by atoms with Crippen molar-refractivity contribution in [2.24, 2.45) is 0 Å². The molecule has 2 heteroatoms. The van der Waals surface area contributed by atoms with Crippen LogP contribution in [0.2, 0.25) is 0 Å². The van der Waals surface area contributed by atoms with Crippen LogP contribution in [0.15, 0.2) is 0 Å². The van der Waals surface area contributed by atoms with E-state index in [4.69, 9.17) is 0 Å². The topological polar surface area (TPSA) is 29.1 Å². The molecule has 0 fully saturated rings. The third kappa shape index (κ3) is 2.49. The van der Waals surface area contributed by atoms with Crippen molar-refractivity contribution in [3.63, 3.8) is 0 Å². The second-order valence-corrected chi connectivity index (χ2v) is 2.53. The van der Waals surface area contributed by atoms with Gasteiger partial charge in [-0.3, -0.25) is 4.79 Å². The monoisotopic (exact) mass is 129 g/mol. The Labute approximate surface area is 56.6 Å². The van der Waals surface area contributed by atoms with Crippen molar-refractivity contribution in [1.29, 1.82) is 0 Å². The van der Waals surface area contributed by atoms with E-state index in [-0.39, 0.29) is 5.54 Å². The summed E-state index contributed by atoms with van der Waals surface area (Å²) < 4.78 is 0. The van der Waals surface area contributed by atoms with Crippen LogP contribution in [0.5, 0.6) is 0 Å². The van der Waals surface area contributed by atoms with Gasteiger partial charge in [-0.05, 0) is 19.8 Å². The normalized spacial score (nSPS) is 11.0. The molecule has 0 saturated heterocycles. The fraction of sp³-hybridized carbons (Fsp3) is 0.857. The molecule has 2 nitrogen and oxygen atoms in total. The summed E-state index contributed by atoms with van der Waals surface area (Å²) in [4.78, 5) is 10.0. The standard InChI is InChI=1S/C7H15NO/c1-4-7(3,5-2)8-6-9/h6H,4-5H2,1-3H3,(H,8,9). The lowest BCUT2D eigenvalue weighted by Gasteiger charge is -2.25. The summed E-state index contributed by atoms with van der Waals surface area (Å²) in [6, 6.07) is 0. The molecule has 54 valence electrons. The van der Waals surface area contributed by atoms with Crippen LogP contribution in [0, 0.1) is 0 Å². The lowest BCUT2D eigenvalue weighted by Crippen LogP contribution is -2.39. The second kappa shape index (κ2) is 3.49. The van der Waals surface area contributed by atoms with E-state index >= 15 is 0 Å². The molecule has 0 aliphatic rings. The van der Waals surface area contributed by atoms with Crippen LogP contribution >= 0.6 is 0 Å². The van der Waals surface area contributed by atoms with Crippen molar-refractivity contribution in [3.05, 3.63) is 0 Å². The molecule has 0 bridgehead atoms. The Balaban J connectivity index is 3.75. The first-order valence-corrected chi connectivity index (χ1v) is 3.40. The van der Waals surface area contributed by atoms with Crippen LogP contribution in [0.3, 0.4) is 0 Å². The van der Waals surface area contributed by atoms with Gasteiger partial charge in [-0.1, -0.05) is 13.8 Å². The molecule has 0 atom stereocenters. The van der Waals surface area contributed by atoms with Gasteiger partial charge in [-0.15, -0.1) is 0 Å². The van der Waals surface area contributed by atoms with Crippen LogP contribution < -0.4 is 5.32 Å². The summed E-state index contributed by atoms with van der Waals surface area (Å²) >= 11 is 0. The number of carbonyl (C=O) groups excluding carboxylic acids is 1. The lowest BCUT2D eigenvalue weighted by molar-refractivity contribution is -0.111. The van der Waals surface area contributed by atoms with Crippen LogP contribution in [0.1, 0.15) is 33.6 Å². The van der Waals surface area contributed by atoms with E-state index in [1.165, 1.54) is 0 Å². The largest absolute Gasteiger partial charge is 0.354 e. The zero-order chi connectivity index (χ0) is 7.33. The van der Waals surface area contributed by atoms with E-state index in [0.29, 0.717) is 0 Å². The van der Waals surface area contributed by atoms with Crippen molar-refractivity contribution < 1.29 is 4.79 Å². The Morgan fingerprint density at radius 1 is 1.44 bits per heavy atom. The van der Waals surface area contributed by atoms with Crippen molar-refractivity contribution in [2.45, 2.75) is 39.2 Å². The predicted octanol–water partition coefficient (Wildman–Crippen LogP) is 1.31. The van der Waals surface area contributed by atoms with Crippen LogP contribution in [0.4, 0.5) is 0 Å². The number of carbonyl (C=O) groups is 1. The number of rotatable bonds is 4. The molecule has 0 radical (unpaired) electrons. The summed E-state index contributed by atoms with van der Waals surface area (Å²) in [6.45, 7) is 6.18. The van der Waals surface area contributed by atoms with Gasteiger partial charge in [0.05, 0.1) is 0 Å². The first-order valence-electron chi connectivity index (χ1n) is 3.40. The molecular weight excluding hydrogens is 114 g/mol. The lowest BCUT2D eigenvalue weighted by atomic mass is 9.96. The molecule has 0 heterocycles. The van der Waals surface area contributed by atoms with Gasteiger partial charge < -0.3 is 5.32 Å². The Kier molecular flexibility index (Phi) is 3.28. The molecule has 0 saturated carbocycles. The van der Waals surface area contributed by atoms with E-state index in [1.807, 2.05) is 6.92 Å². The molecule has 0 spiro atoms. The van der Waals surface area contributed by atoms with Gasteiger partial charge in [0.1, 0.15) is 0 Å². The SMILES string of the molecule is CCC(C)(CC)NC=O. The zero-order valence-electron chi connectivity index (χ0n) is 6.40. The zero-order valence-corrected chi connectivity index (χ0v) is 6.40. The molecule has 0 aromatic rings. The Bertz CT molecular complexity index is 86.9. The summed E-state index contributed by atoms with van der Waals surface area (Å²) in [5, 5.41) is 2.78. The van der Waals surface area contributed by atoms with Crippen molar-refractivity contribution in [1.82, 2.24) is 5.32 Å². The van der Waals surface area contributed by atoms with Crippen molar-refractivity contribution >= 4 is 6.41 Å². The van der Waals surface area contributed by atoms with E-state index in [9.17, 15) is 4.79 Å².